The zero-order valence-electron chi connectivity index (χ0n) is 33.5. The van der Waals surface area contributed by atoms with Gasteiger partial charge in [0.05, 0.1) is 0 Å². The summed E-state index contributed by atoms with van der Waals surface area (Å²) < 4.78 is 6.05. The molecule has 0 aromatic carbocycles. The number of hydrogen-bond donors (Lipinski definition) is 0. The average molecular weight is 679 g/mol. The van der Waals surface area contributed by atoms with Crippen molar-refractivity contribution in [1.29, 1.82) is 0 Å². The topological polar surface area (TPSA) is 9.23 Å². The summed E-state index contributed by atoms with van der Waals surface area (Å²) in [6.45, 7) is 6.62. The van der Waals surface area contributed by atoms with Crippen LogP contribution in [0, 0.1) is 35.5 Å². The lowest BCUT2D eigenvalue weighted by atomic mass is 9.77. The third-order valence-electron chi connectivity index (χ3n) is 14.1. The Kier molecular flexibility index (Phi) is 22.1. The molecule has 0 bridgehead atoms. The predicted octanol–water partition coefficient (Wildman–Crippen LogP) is 15.9. The zero-order valence-corrected chi connectivity index (χ0v) is 33.5. The fourth-order valence-corrected chi connectivity index (χ4v) is 10.5. The van der Waals surface area contributed by atoms with Gasteiger partial charge in [-0.05, 0) is 113 Å². The van der Waals surface area contributed by atoms with E-state index >= 15 is 0 Å². The first-order valence-electron chi connectivity index (χ1n) is 23.1. The molecule has 2 fully saturated rings. The quantitative estimate of drug-likeness (QED) is 0.0653. The van der Waals surface area contributed by atoms with Gasteiger partial charge in [-0.3, -0.25) is 0 Å². The molecule has 0 aliphatic heterocycles. The van der Waals surface area contributed by atoms with Gasteiger partial charge in [0.2, 0.25) is 0 Å². The third-order valence-corrected chi connectivity index (χ3v) is 14.1. The van der Waals surface area contributed by atoms with Crippen LogP contribution in [-0.2, 0) is 4.74 Å². The molecule has 0 amide bonds. The van der Waals surface area contributed by atoms with Crippen molar-refractivity contribution in [2.75, 3.05) is 13.2 Å². The van der Waals surface area contributed by atoms with E-state index in [1.165, 1.54) is 218 Å². The summed E-state index contributed by atoms with van der Waals surface area (Å²) in [4.78, 5) is 0. The smallest absolute Gasteiger partial charge is 0.0466 e. The van der Waals surface area contributed by atoms with Gasteiger partial charge in [0.15, 0.2) is 0 Å². The molecule has 0 N–H and O–H groups in total. The van der Waals surface area contributed by atoms with Crippen LogP contribution in [0.25, 0.3) is 0 Å². The van der Waals surface area contributed by atoms with E-state index in [0.29, 0.717) is 0 Å². The maximum absolute atomic E-state index is 6.05. The molecule has 1 heteroatoms. The molecule has 0 aromatic rings. The highest BCUT2D eigenvalue weighted by molar-refractivity contribution is 5.07. The summed E-state index contributed by atoms with van der Waals surface area (Å²) in [6.07, 6.45) is 54.4. The van der Waals surface area contributed by atoms with Gasteiger partial charge in [0.1, 0.15) is 0 Å². The predicted molar refractivity (Wildman–Crippen MR) is 216 cm³/mol. The Morgan fingerprint density at radius 3 is 1.12 bits per heavy atom. The van der Waals surface area contributed by atoms with Crippen LogP contribution in [0.4, 0.5) is 0 Å². The van der Waals surface area contributed by atoms with Crippen molar-refractivity contribution in [1.82, 2.24) is 0 Å². The summed E-state index contributed by atoms with van der Waals surface area (Å²) >= 11 is 0. The molecule has 1 nitrogen and oxygen atoms in total. The molecule has 2 atom stereocenters. The van der Waals surface area contributed by atoms with Gasteiger partial charge < -0.3 is 4.74 Å². The minimum absolute atomic E-state index is 0.974. The van der Waals surface area contributed by atoms with E-state index in [1.54, 1.807) is 11.1 Å². The maximum atomic E-state index is 6.05. The molecule has 4 aliphatic rings. The molecule has 284 valence electrons. The second-order valence-electron chi connectivity index (χ2n) is 18.2. The molecule has 0 aromatic heterocycles. The molecule has 0 heterocycles. The third kappa shape index (κ3) is 18.2. The van der Waals surface area contributed by atoms with Crippen LogP contribution in [0.5, 0.6) is 0 Å². The highest BCUT2D eigenvalue weighted by Crippen LogP contribution is 2.38. The van der Waals surface area contributed by atoms with E-state index in [1.807, 2.05) is 0 Å². The first-order chi connectivity index (χ1) is 24.2. The van der Waals surface area contributed by atoms with Crippen LogP contribution < -0.4 is 0 Å². The SMILES string of the molecule is CCCCCC1CCC(CCCC2CC=C(CCCCOCCCCC3=CCC(CCCC4CCC(CCCCC)CC4)CC3)CC2)CC1. The number of hydrogen-bond acceptors (Lipinski definition) is 1. The molecule has 49 heavy (non-hydrogen) atoms. The Labute approximate surface area is 308 Å². The van der Waals surface area contributed by atoms with Crippen molar-refractivity contribution in [2.24, 2.45) is 35.5 Å². The molecular formula is C48H86O. The van der Waals surface area contributed by atoms with E-state index in [9.17, 15) is 0 Å². The van der Waals surface area contributed by atoms with Crippen LogP contribution in [-0.4, -0.2) is 13.2 Å². The number of allylic oxidation sites excluding steroid dienone is 4. The molecule has 2 saturated carbocycles. The van der Waals surface area contributed by atoms with Gasteiger partial charge >= 0.3 is 0 Å². The van der Waals surface area contributed by atoms with Crippen molar-refractivity contribution < 1.29 is 4.74 Å². The van der Waals surface area contributed by atoms with Gasteiger partial charge in [-0.1, -0.05) is 178 Å². The summed E-state index contributed by atoms with van der Waals surface area (Å²) in [5, 5.41) is 0. The monoisotopic (exact) mass is 679 g/mol. The van der Waals surface area contributed by atoms with E-state index in [4.69, 9.17) is 4.74 Å². The molecule has 2 unspecified atom stereocenters. The average Bonchev–Trinajstić information content (AvgIpc) is 3.14. The first kappa shape index (κ1) is 41.2. The lowest BCUT2D eigenvalue weighted by Gasteiger charge is -2.29. The van der Waals surface area contributed by atoms with E-state index in [0.717, 1.165) is 48.7 Å². The molecule has 0 saturated heterocycles. The highest BCUT2D eigenvalue weighted by Gasteiger charge is 2.23. The fourth-order valence-electron chi connectivity index (χ4n) is 10.5. The van der Waals surface area contributed by atoms with Gasteiger partial charge in [-0.2, -0.15) is 0 Å². The summed E-state index contributed by atoms with van der Waals surface area (Å²) in [5.74, 6) is 6.21. The number of rotatable bonds is 26. The van der Waals surface area contributed by atoms with Crippen molar-refractivity contribution in [3.63, 3.8) is 0 Å². The summed E-state index contributed by atoms with van der Waals surface area (Å²) in [7, 11) is 0. The second-order valence-corrected chi connectivity index (χ2v) is 18.2. The summed E-state index contributed by atoms with van der Waals surface area (Å²) in [5.41, 5.74) is 3.52. The molecule has 4 aliphatic carbocycles. The van der Waals surface area contributed by atoms with Crippen LogP contribution in [0.3, 0.4) is 0 Å². The van der Waals surface area contributed by atoms with Crippen LogP contribution in [0.1, 0.15) is 232 Å². The van der Waals surface area contributed by atoms with Gasteiger partial charge in [0.25, 0.3) is 0 Å². The lowest BCUT2D eigenvalue weighted by Crippen LogP contribution is -2.15. The minimum Gasteiger partial charge on any atom is -0.381 e. The van der Waals surface area contributed by atoms with Crippen molar-refractivity contribution in [2.45, 2.75) is 232 Å². The molecule has 0 radical (unpaired) electrons. The van der Waals surface area contributed by atoms with Crippen molar-refractivity contribution >= 4 is 0 Å². The van der Waals surface area contributed by atoms with Crippen molar-refractivity contribution in [3.05, 3.63) is 23.3 Å². The molecule has 4 rings (SSSR count). The van der Waals surface area contributed by atoms with E-state index < -0.39 is 0 Å². The van der Waals surface area contributed by atoms with Gasteiger partial charge in [0, 0.05) is 13.2 Å². The zero-order chi connectivity index (χ0) is 34.2. The fraction of sp³-hybridized carbons (Fsp3) is 0.917. The Bertz CT molecular complexity index is 782. The Morgan fingerprint density at radius 2 is 0.776 bits per heavy atom. The van der Waals surface area contributed by atoms with Gasteiger partial charge in [-0.25, -0.2) is 0 Å². The second kappa shape index (κ2) is 26.2. The standard InChI is InChI=1S/C48H86O/c1-3-5-7-15-41-23-31-45(32-24-41)19-13-21-47-35-27-43(28-36-47)17-9-11-39-49-40-12-10-18-44-29-37-48(38-30-44)22-14-20-46-33-25-42(26-34-46)16-8-6-4-2/h27,29,41-42,45-48H,3-26,28,30-40H2,1-2H3. The Morgan fingerprint density at radius 1 is 0.408 bits per heavy atom. The first-order valence-corrected chi connectivity index (χ1v) is 23.1. The Hall–Kier alpha value is -0.560. The number of unbranched alkanes of at least 4 members (excludes halogenated alkanes) is 6. The minimum atomic E-state index is 0.974. The summed E-state index contributed by atoms with van der Waals surface area (Å²) in [6, 6.07) is 0. The van der Waals surface area contributed by atoms with Crippen molar-refractivity contribution in [3.8, 4) is 0 Å². The van der Waals surface area contributed by atoms with Gasteiger partial charge in [-0.15, -0.1) is 0 Å². The van der Waals surface area contributed by atoms with Crippen LogP contribution >= 0.6 is 0 Å². The van der Waals surface area contributed by atoms with Crippen LogP contribution in [0.15, 0.2) is 23.3 Å². The Balaban J connectivity index is 0.893. The maximum Gasteiger partial charge on any atom is 0.0466 e. The highest BCUT2D eigenvalue weighted by atomic mass is 16.5. The molecule has 0 spiro atoms. The van der Waals surface area contributed by atoms with Crippen LogP contribution in [0.2, 0.25) is 0 Å². The van der Waals surface area contributed by atoms with E-state index in [-0.39, 0.29) is 0 Å². The normalized spacial score (nSPS) is 28.0. The molecular weight excluding hydrogens is 593 g/mol. The largest absolute Gasteiger partial charge is 0.381 e. The van der Waals surface area contributed by atoms with E-state index in [2.05, 4.69) is 26.0 Å². The lowest BCUT2D eigenvalue weighted by molar-refractivity contribution is 0.126. The number of ether oxygens (including phenoxy) is 1.